The summed E-state index contributed by atoms with van der Waals surface area (Å²) >= 11 is 0. The maximum absolute atomic E-state index is 13.2. The van der Waals surface area contributed by atoms with E-state index in [1.165, 1.54) is 43.0 Å². The lowest BCUT2D eigenvalue weighted by molar-refractivity contribution is -0.138. The number of carbonyl (C=O) groups excluding carboxylic acids is 1. The van der Waals surface area contributed by atoms with Crippen molar-refractivity contribution in [2.24, 2.45) is 11.8 Å². The van der Waals surface area contributed by atoms with Crippen molar-refractivity contribution in [2.45, 2.75) is 49.8 Å². The first kappa shape index (κ1) is 23.5. The largest absolute Gasteiger partial charge is 0.497 e. The Labute approximate surface area is 192 Å². The van der Waals surface area contributed by atoms with E-state index in [4.69, 9.17) is 4.74 Å². The second kappa shape index (κ2) is 10.5. The van der Waals surface area contributed by atoms with Gasteiger partial charge in [0.05, 0.1) is 17.9 Å². The average Bonchev–Trinajstić information content (AvgIpc) is 2.85. The van der Waals surface area contributed by atoms with Crippen LogP contribution in [0.1, 0.15) is 44.9 Å². The molecule has 32 heavy (non-hydrogen) atoms. The van der Waals surface area contributed by atoms with Gasteiger partial charge in [-0.3, -0.25) is 9.69 Å². The molecule has 1 aromatic rings. The number of rotatable bonds is 6. The minimum atomic E-state index is -3.61. The Kier molecular flexibility index (Phi) is 7.74. The Hall–Kier alpha value is -1.64. The molecular weight excluding hydrogens is 426 g/mol. The normalized spacial score (nSPS) is 24.4. The zero-order valence-corrected chi connectivity index (χ0v) is 20.1. The lowest BCUT2D eigenvalue weighted by Crippen LogP contribution is -2.53. The highest BCUT2D eigenvalue weighted by Crippen LogP contribution is 2.27. The molecular formula is C24H37N3O4S. The predicted molar refractivity (Wildman–Crippen MR) is 124 cm³/mol. The summed E-state index contributed by atoms with van der Waals surface area (Å²) in [5.74, 6) is 1.32. The van der Waals surface area contributed by atoms with Crippen LogP contribution >= 0.6 is 0 Å². The number of hydrogen-bond acceptors (Lipinski definition) is 5. The van der Waals surface area contributed by atoms with Crippen LogP contribution in [0.25, 0.3) is 0 Å². The molecule has 7 nitrogen and oxygen atoms in total. The molecule has 2 saturated heterocycles. The van der Waals surface area contributed by atoms with Gasteiger partial charge in [0.1, 0.15) is 5.75 Å². The summed E-state index contributed by atoms with van der Waals surface area (Å²) in [7, 11) is -2.05. The Bertz CT molecular complexity index is 860. The number of amides is 1. The van der Waals surface area contributed by atoms with Gasteiger partial charge < -0.3 is 9.64 Å². The van der Waals surface area contributed by atoms with Crippen molar-refractivity contribution in [3.63, 3.8) is 0 Å². The van der Waals surface area contributed by atoms with Crippen LogP contribution in [-0.2, 0) is 14.8 Å². The van der Waals surface area contributed by atoms with Crippen molar-refractivity contribution in [3.05, 3.63) is 24.3 Å². The van der Waals surface area contributed by atoms with Gasteiger partial charge in [-0.05, 0) is 55.9 Å². The molecule has 2 aliphatic heterocycles. The van der Waals surface area contributed by atoms with Crippen molar-refractivity contribution < 1.29 is 17.9 Å². The lowest BCUT2D eigenvalue weighted by Gasteiger charge is -2.40. The Morgan fingerprint density at radius 2 is 1.62 bits per heavy atom. The third-order valence-electron chi connectivity index (χ3n) is 7.36. The summed E-state index contributed by atoms with van der Waals surface area (Å²) in [6, 6.07) is 6.47. The molecule has 0 spiro atoms. The molecule has 3 aliphatic rings. The Morgan fingerprint density at radius 3 is 2.28 bits per heavy atom. The number of carbonyl (C=O) groups is 1. The predicted octanol–water partition coefficient (Wildman–Crippen LogP) is 2.82. The summed E-state index contributed by atoms with van der Waals surface area (Å²) < 4.78 is 32.9. The number of piperazine rings is 1. The SMILES string of the molecule is COc1ccc(S(=O)(=O)N2CCCC(C(=O)N3CCN(CC4CCCCC4)CC3)C2)cc1. The number of hydrogen-bond donors (Lipinski definition) is 0. The van der Waals surface area contributed by atoms with Crippen LogP contribution in [0.2, 0.25) is 0 Å². The molecule has 0 N–H and O–H groups in total. The monoisotopic (exact) mass is 463 g/mol. The third kappa shape index (κ3) is 5.46. The molecule has 0 bridgehead atoms. The average molecular weight is 464 g/mol. The molecule has 1 aliphatic carbocycles. The molecule has 1 atom stereocenters. The van der Waals surface area contributed by atoms with Crippen LogP contribution in [0.3, 0.4) is 0 Å². The fraction of sp³-hybridized carbons (Fsp3) is 0.708. The summed E-state index contributed by atoms with van der Waals surface area (Å²) in [6.07, 6.45) is 8.27. The van der Waals surface area contributed by atoms with Gasteiger partial charge in [-0.25, -0.2) is 8.42 Å². The summed E-state index contributed by atoms with van der Waals surface area (Å²) in [6.45, 7) is 5.29. The molecule has 0 radical (unpaired) electrons. The number of nitrogens with zero attached hydrogens (tertiary/aromatic N) is 3. The molecule has 1 saturated carbocycles. The number of sulfonamides is 1. The molecule has 1 amide bonds. The number of methoxy groups -OCH3 is 1. The van der Waals surface area contributed by atoms with Crippen LogP contribution in [0, 0.1) is 11.8 Å². The van der Waals surface area contributed by atoms with Crippen LogP contribution in [-0.4, -0.2) is 81.4 Å². The first-order chi connectivity index (χ1) is 15.5. The van der Waals surface area contributed by atoms with E-state index in [1.807, 2.05) is 4.90 Å². The van der Waals surface area contributed by atoms with E-state index >= 15 is 0 Å². The molecule has 4 rings (SSSR count). The van der Waals surface area contributed by atoms with E-state index in [1.54, 1.807) is 31.4 Å². The van der Waals surface area contributed by atoms with Gasteiger partial charge in [-0.15, -0.1) is 0 Å². The van der Waals surface area contributed by atoms with Gasteiger partial charge in [0, 0.05) is 45.8 Å². The van der Waals surface area contributed by atoms with E-state index in [9.17, 15) is 13.2 Å². The molecule has 1 unspecified atom stereocenters. The molecule has 3 fully saturated rings. The maximum Gasteiger partial charge on any atom is 0.243 e. The van der Waals surface area contributed by atoms with E-state index in [0.717, 1.165) is 38.5 Å². The van der Waals surface area contributed by atoms with E-state index in [0.29, 0.717) is 18.7 Å². The highest BCUT2D eigenvalue weighted by atomic mass is 32.2. The molecule has 8 heteroatoms. The first-order valence-corrected chi connectivity index (χ1v) is 13.6. The number of ether oxygens (including phenoxy) is 1. The minimum absolute atomic E-state index is 0.122. The second-order valence-electron chi connectivity index (χ2n) is 9.51. The number of piperidine rings is 1. The standard InChI is InChI=1S/C24H37N3O4S/c1-31-22-9-11-23(12-10-22)32(29,30)27-13-5-8-21(19-27)24(28)26-16-14-25(15-17-26)18-20-6-3-2-4-7-20/h9-12,20-21H,2-8,13-19H2,1H3. The highest BCUT2D eigenvalue weighted by Gasteiger charge is 2.36. The van der Waals surface area contributed by atoms with E-state index in [2.05, 4.69) is 4.90 Å². The van der Waals surface area contributed by atoms with Crippen LogP contribution in [0.5, 0.6) is 5.75 Å². The number of benzene rings is 1. The minimum Gasteiger partial charge on any atom is -0.497 e. The van der Waals surface area contributed by atoms with Gasteiger partial charge in [0.15, 0.2) is 0 Å². The molecule has 0 aromatic heterocycles. The fourth-order valence-electron chi connectivity index (χ4n) is 5.40. The third-order valence-corrected chi connectivity index (χ3v) is 9.24. The van der Waals surface area contributed by atoms with Crippen LogP contribution in [0.15, 0.2) is 29.2 Å². The Morgan fingerprint density at radius 1 is 0.938 bits per heavy atom. The smallest absolute Gasteiger partial charge is 0.243 e. The maximum atomic E-state index is 13.2. The van der Waals surface area contributed by atoms with Gasteiger partial charge in [-0.1, -0.05) is 19.3 Å². The van der Waals surface area contributed by atoms with Gasteiger partial charge >= 0.3 is 0 Å². The first-order valence-electron chi connectivity index (χ1n) is 12.1. The van der Waals surface area contributed by atoms with Crippen LogP contribution < -0.4 is 4.74 Å². The van der Waals surface area contributed by atoms with Gasteiger partial charge in [0.25, 0.3) is 0 Å². The van der Waals surface area contributed by atoms with Gasteiger partial charge in [-0.2, -0.15) is 4.31 Å². The van der Waals surface area contributed by atoms with Crippen LogP contribution in [0.4, 0.5) is 0 Å². The van der Waals surface area contributed by atoms with Crippen molar-refractivity contribution in [3.8, 4) is 5.75 Å². The fourth-order valence-corrected chi connectivity index (χ4v) is 6.93. The lowest BCUT2D eigenvalue weighted by atomic mass is 9.89. The van der Waals surface area contributed by atoms with Crippen molar-refractivity contribution >= 4 is 15.9 Å². The summed E-state index contributed by atoms with van der Waals surface area (Å²) in [5.41, 5.74) is 0. The zero-order valence-electron chi connectivity index (χ0n) is 19.2. The van der Waals surface area contributed by atoms with Crippen molar-refractivity contribution in [1.29, 1.82) is 0 Å². The van der Waals surface area contributed by atoms with Gasteiger partial charge in [0.2, 0.25) is 15.9 Å². The molecule has 178 valence electrons. The summed E-state index contributed by atoms with van der Waals surface area (Å²) in [5, 5.41) is 0. The van der Waals surface area contributed by atoms with Crippen molar-refractivity contribution in [1.82, 2.24) is 14.1 Å². The quantitative estimate of drug-likeness (QED) is 0.649. The topological polar surface area (TPSA) is 70.2 Å². The Balaban J connectivity index is 1.31. The summed E-state index contributed by atoms with van der Waals surface area (Å²) in [4.78, 5) is 17.9. The molecule has 2 heterocycles. The highest BCUT2D eigenvalue weighted by molar-refractivity contribution is 7.89. The van der Waals surface area contributed by atoms with Crippen molar-refractivity contribution in [2.75, 3.05) is 52.9 Å². The second-order valence-corrected chi connectivity index (χ2v) is 11.4. The molecule has 1 aromatic carbocycles. The van der Waals surface area contributed by atoms with E-state index in [-0.39, 0.29) is 23.3 Å². The zero-order chi connectivity index (χ0) is 22.6. The van der Waals surface area contributed by atoms with E-state index < -0.39 is 10.0 Å².